The summed E-state index contributed by atoms with van der Waals surface area (Å²) >= 11 is 0. The van der Waals surface area contributed by atoms with Gasteiger partial charge in [-0.05, 0) is 6.08 Å². The van der Waals surface area contributed by atoms with Crippen molar-refractivity contribution < 1.29 is 9.59 Å². The molecule has 0 aliphatic rings. The molecule has 3 heteroatoms. The summed E-state index contributed by atoms with van der Waals surface area (Å²) in [6.45, 7) is 0. The van der Waals surface area contributed by atoms with Crippen molar-refractivity contribution in [2.24, 2.45) is 0 Å². The molecule has 3 nitrogen and oxygen atoms in total. The van der Waals surface area contributed by atoms with Crippen LogP contribution in [0.5, 0.6) is 0 Å². The quantitative estimate of drug-likeness (QED) is 0.424. The van der Waals surface area contributed by atoms with Crippen LogP contribution in [0.2, 0.25) is 0 Å². The molecule has 0 saturated carbocycles. The van der Waals surface area contributed by atoms with E-state index in [0.717, 1.165) is 6.29 Å². The smallest absolute Gasteiger partial charge is 0.243 e. The van der Waals surface area contributed by atoms with Crippen LogP contribution < -0.4 is 5.32 Å². The number of carbonyl (C=O) groups excluding carboxylic acids is 2. The molecule has 0 aromatic rings. The van der Waals surface area contributed by atoms with Crippen LogP contribution in [0.15, 0.2) is 12.2 Å². The Bertz CT molecular complexity index is 129. The normalized spacial score (nSPS) is 9.44. The van der Waals surface area contributed by atoms with Gasteiger partial charge in [-0.3, -0.25) is 4.79 Å². The van der Waals surface area contributed by atoms with E-state index in [-0.39, 0.29) is 5.91 Å². The van der Waals surface area contributed by atoms with Crippen LogP contribution in [0.1, 0.15) is 6.42 Å². The van der Waals surface area contributed by atoms with Gasteiger partial charge in [0.15, 0.2) is 0 Å². The molecule has 1 N–H and O–H groups in total. The molecule has 1 amide bonds. The summed E-state index contributed by atoms with van der Waals surface area (Å²) in [6.07, 6.45) is 3.87. The zero-order chi connectivity index (χ0) is 7.11. The van der Waals surface area contributed by atoms with Gasteiger partial charge < -0.3 is 10.1 Å². The zero-order valence-electron chi connectivity index (χ0n) is 5.26. The third-order valence-electron chi connectivity index (χ3n) is 0.748. The van der Waals surface area contributed by atoms with Gasteiger partial charge in [0, 0.05) is 13.5 Å². The maximum atomic E-state index is 10.4. The molecule has 0 bridgehead atoms. The summed E-state index contributed by atoms with van der Waals surface area (Å²) in [5, 5.41) is 2.38. The molecular weight excluding hydrogens is 118 g/mol. The third-order valence-corrected chi connectivity index (χ3v) is 0.748. The number of hydrogen-bond acceptors (Lipinski definition) is 2. The lowest BCUT2D eigenvalue weighted by atomic mass is 10.4. The lowest BCUT2D eigenvalue weighted by molar-refractivity contribution is -0.116. The first-order valence-electron chi connectivity index (χ1n) is 2.63. The summed E-state index contributed by atoms with van der Waals surface area (Å²) in [5.74, 6) is -0.183. The van der Waals surface area contributed by atoms with E-state index in [1.807, 2.05) is 0 Å². The second kappa shape index (κ2) is 5.03. The van der Waals surface area contributed by atoms with Crippen molar-refractivity contribution in [1.29, 1.82) is 0 Å². The Labute approximate surface area is 53.7 Å². The average Bonchev–Trinajstić information content (AvgIpc) is 1.89. The summed E-state index contributed by atoms with van der Waals surface area (Å²) < 4.78 is 0. The molecule has 0 rings (SSSR count). The van der Waals surface area contributed by atoms with Crippen LogP contribution in [0.25, 0.3) is 0 Å². The predicted octanol–water partition coefficient (Wildman–Crippen LogP) is -0.122. The Morgan fingerprint density at radius 1 is 1.67 bits per heavy atom. The van der Waals surface area contributed by atoms with E-state index >= 15 is 0 Å². The van der Waals surface area contributed by atoms with Crippen molar-refractivity contribution in [2.45, 2.75) is 6.42 Å². The van der Waals surface area contributed by atoms with E-state index in [0.29, 0.717) is 6.42 Å². The van der Waals surface area contributed by atoms with Crippen LogP contribution >= 0.6 is 0 Å². The first kappa shape index (κ1) is 7.88. The molecule has 0 spiro atoms. The average molecular weight is 127 g/mol. The van der Waals surface area contributed by atoms with Gasteiger partial charge in [0.1, 0.15) is 6.29 Å². The van der Waals surface area contributed by atoms with E-state index in [4.69, 9.17) is 0 Å². The van der Waals surface area contributed by atoms with Gasteiger partial charge in [-0.25, -0.2) is 0 Å². The molecule has 0 aliphatic heterocycles. The minimum Gasteiger partial charge on any atom is -0.356 e. The van der Waals surface area contributed by atoms with Crippen LogP contribution in [0, 0.1) is 0 Å². The van der Waals surface area contributed by atoms with Crippen molar-refractivity contribution in [3.63, 3.8) is 0 Å². The predicted molar refractivity (Wildman–Crippen MR) is 33.9 cm³/mol. The van der Waals surface area contributed by atoms with Crippen LogP contribution in [0.4, 0.5) is 0 Å². The van der Waals surface area contributed by atoms with E-state index in [1.54, 1.807) is 0 Å². The Hall–Kier alpha value is -1.12. The van der Waals surface area contributed by atoms with Crippen molar-refractivity contribution >= 4 is 12.2 Å². The number of allylic oxidation sites excluding steroid dienone is 1. The molecule has 0 atom stereocenters. The zero-order valence-corrected chi connectivity index (χ0v) is 5.26. The monoisotopic (exact) mass is 127 g/mol. The second-order valence-electron chi connectivity index (χ2n) is 1.42. The van der Waals surface area contributed by atoms with Crippen LogP contribution in [0.3, 0.4) is 0 Å². The molecule has 0 aliphatic carbocycles. The number of carbonyl (C=O) groups is 2. The fourth-order valence-electron chi connectivity index (χ4n) is 0.314. The molecular formula is C6H9NO2. The highest BCUT2D eigenvalue weighted by atomic mass is 16.1. The number of rotatable bonds is 3. The van der Waals surface area contributed by atoms with Gasteiger partial charge in [0.25, 0.3) is 0 Å². The summed E-state index contributed by atoms with van der Waals surface area (Å²) in [6, 6.07) is 0. The maximum absolute atomic E-state index is 10.4. The van der Waals surface area contributed by atoms with Crippen LogP contribution in [-0.2, 0) is 9.59 Å². The SMILES string of the molecule is CNC(=O)C=CCC=O. The van der Waals surface area contributed by atoms with Gasteiger partial charge in [-0.15, -0.1) is 0 Å². The van der Waals surface area contributed by atoms with Gasteiger partial charge in [0.2, 0.25) is 5.91 Å². The van der Waals surface area contributed by atoms with Gasteiger partial charge in [-0.1, -0.05) is 6.08 Å². The Balaban J connectivity index is 3.43. The van der Waals surface area contributed by atoms with Gasteiger partial charge in [0.05, 0.1) is 0 Å². The van der Waals surface area contributed by atoms with Gasteiger partial charge >= 0.3 is 0 Å². The Kier molecular flexibility index (Phi) is 4.40. The van der Waals surface area contributed by atoms with E-state index in [1.165, 1.54) is 19.2 Å². The van der Waals surface area contributed by atoms with E-state index < -0.39 is 0 Å². The molecule has 0 aromatic heterocycles. The minimum atomic E-state index is -0.183. The molecule has 0 radical (unpaired) electrons. The first-order chi connectivity index (χ1) is 4.31. The lowest BCUT2D eigenvalue weighted by Gasteiger charge is -1.85. The number of amides is 1. The number of nitrogens with one attached hydrogen (secondary N) is 1. The minimum absolute atomic E-state index is 0.183. The third kappa shape index (κ3) is 4.74. The van der Waals surface area contributed by atoms with Crippen molar-refractivity contribution in [1.82, 2.24) is 5.32 Å². The topological polar surface area (TPSA) is 46.2 Å². The molecule has 0 unspecified atom stereocenters. The van der Waals surface area contributed by atoms with Crippen LogP contribution in [-0.4, -0.2) is 19.2 Å². The molecule has 0 aromatic carbocycles. The number of hydrogen-bond donors (Lipinski definition) is 1. The highest BCUT2D eigenvalue weighted by Crippen LogP contribution is 1.75. The maximum Gasteiger partial charge on any atom is 0.243 e. The van der Waals surface area contributed by atoms with Gasteiger partial charge in [-0.2, -0.15) is 0 Å². The highest BCUT2D eigenvalue weighted by molar-refractivity contribution is 5.87. The second-order valence-corrected chi connectivity index (χ2v) is 1.42. The van der Waals surface area contributed by atoms with Crippen molar-refractivity contribution in [3.05, 3.63) is 12.2 Å². The van der Waals surface area contributed by atoms with Crippen molar-refractivity contribution in [3.8, 4) is 0 Å². The Morgan fingerprint density at radius 2 is 2.33 bits per heavy atom. The lowest BCUT2D eigenvalue weighted by Crippen LogP contribution is -2.13. The standard InChI is InChI=1S/C6H9NO2/c1-7-6(9)4-2-3-5-8/h2,4-5H,3H2,1H3,(H,7,9). The summed E-state index contributed by atoms with van der Waals surface area (Å²) in [7, 11) is 1.54. The highest BCUT2D eigenvalue weighted by Gasteiger charge is 1.84. The molecule has 0 saturated heterocycles. The number of aldehydes is 1. The molecule has 0 heterocycles. The summed E-state index contributed by atoms with van der Waals surface area (Å²) in [5.41, 5.74) is 0. The first-order valence-corrected chi connectivity index (χ1v) is 2.63. The molecule has 50 valence electrons. The fourth-order valence-corrected chi connectivity index (χ4v) is 0.314. The fraction of sp³-hybridized carbons (Fsp3) is 0.333. The summed E-state index contributed by atoms with van der Waals surface area (Å²) in [4.78, 5) is 20.1. The Morgan fingerprint density at radius 3 is 2.78 bits per heavy atom. The largest absolute Gasteiger partial charge is 0.356 e. The number of likely N-dealkylation sites (N-methyl/N-ethyl adjacent to an activating group) is 1. The van der Waals surface area contributed by atoms with Crippen molar-refractivity contribution in [2.75, 3.05) is 7.05 Å². The molecule has 9 heavy (non-hydrogen) atoms. The van der Waals surface area contributed by atoms with E-state index in [9.17, 15) is 9.59 Å². The molecule has 0 fully saturated rings. The van der Waals surface area contributed by atoms with E-state index in [2.05, 4.69) is 5.32 Å².